The normalized spacial score (nSPS) is 11.6. The molecule has 1 aromatic carbocycles. The van der Waals surface area contributed by atoms with Crippen molar-refractivity contribution in [3.63, 3.8) is 0 Å². The SMILES string of the molecule is C[N-]S(=O)(=O)c1ccc(C)cc1Cl. The van der Waals surface area contributed by atoms with Crippen LogP contribution < -0.4 is 0 Å². The van der Waals surface area contributed by atoms with Crippen LogP contribution in [0.1, 0.15) is 5.56 Å². The molecule has 0 saturated carbocycles. The van der Waals surface area contributed by atoms with Crippen LogP contribution in [-0.2, 0) is 10.0 Å². The van der Waals surface area contributed by atoms with Crippen LogP contribution in [0, 0.1) is 6.92 Å². The first kappa shape index (κ1) is 10.5. The van der Waals surface area contributed by atoms with Gasteiger partial charge in [-0.25, -0.2) is 8.42 Å². The van der Waals surface area contributed by atoms with Crippen molar-refractivity contribution in [1.29, 1.82) is 0 Å². The van der Waals surface area contributed by atoms with E-state index in [4.69, 9.17) is 11.6 Å². The Morgan fingerprint density at radius 2 is 2.00 bits per heavy atom. The largest absolute Gasteiger partial charge is 0.547 e. The molecular weight excluding hydrogens is 210 g/mol. The molecule has 72 valence electrons. The summed E-state index contributed by atoms with van der Waals surface area (Å²) in [6.45, 7) is 1.84. The van der Waals surface area contributed by atoms with E-state index in [2.05, 4.69) is 4.72 Å². The number of nitrogens with zero attached hydrogens (tertiary/aromatic N) is 1. The minimum atomic E-state index is -3.55. The number of rotatable bonds is 2. The van der Waals surface area contributed by atoms with Crippen molar-refractivity contribution in [3.8, 4) is 0 Å². The van der Waals surface area contributed by atoms with Gasteiger partial charge in [0, 0.05) is 0 Å². The summed E-state index contributed by atoms with van der Waals surface area (Å²) in [6.07, 6.45) is 0. The third kappa shape index (κ3) is 2.21. The lowest BCUT2D eigenvalue weighted by molar-refractivity contribution is 0.602. The molecule has 0 unspecified atom stereocenters. The maximum Gasteiger partial charge on any atom is 0.102 e. The van der Waals surface area contributed by atoms with Crippen molar-refractivity contribution in [2.75, 3.05) is 7.05 Å². The molecule has 0 N–H and O–H groups in total. The van der Waals surface area contributed by atoms with Gasteiger partial charge in [0.2, 0.25) is 0 Å². The highest BCUT2D eigenvalue weighted by molar-refractivity contribution is 7.94. The molecule has 1 rings (SSSR count). The highest BCUT2D eigenvalue weighted by atomic mass is 35.5. The highest BCUT2D eigenvalue weighted by Crippen LogP contribution is 2.25. The predicted molar refractivity (Wildman–Crippen MR) is 52.7 cm³/mol. The van der Waals surface area contributed by atoms with Crippen molar-refractivity contribution in [1.82, 2.24) is 0 Å². The summed E-state index contributed by atoms with van der Waals surface area (Å²) in [5.41, 5.74) is 0.917. The lowest BCUT2D eigenvalue weighted by Crippen LogP contribution is -1.98. The van der Waals surface area contributed by atoms with Gasteiger partial charge in [-0.1, -0.05) is 17.7 Å². The molecule has 0 amide bonds. The van der Waals surface area contributed by atoms with Crippen molar-refractivity contribution < 1.29 is 8.42 Å². The van der Waals surface area contributed by atoms with E-state index >= 15 is 0 Å². The summed E-state index contributed by atoms with van der Waals surface area (Å²) in [6, 6.07) is 4.74. The van der Waals surface area contributed by atoms with Crippen LogP contribution in [0.5, 0.6) is 0 Å². The zero-order chi connectivity index (χ0) is 10.1. The zero-order valence-electron chi connectivity index (χ0n) is 7.28. The van der Waals surface area contributed by atoms with E-state index < -0.39 is 10.0 Å². The van der Waals surface area contributed by atoms with E-state index in [0.717, 1.165) is 5.56 Å². The van der Waals surface area contributed by atoms with Gasteiger partial charge >= 0.3 is 0 Å². The Labute approximate surface area is 82.8 Å². The molecule has 0 bridgehead atoms. The lowest BCUT2D eigenvalue weighted by atomic mass is 10.2. The van der Waals surface area contributed by atoms with Crippen LogP contribution in [0.2, 0.25) is 5.02 Å². The quantitative estimate of drug-likeness (QED) is 0.765. The summed E-state index contributed by atoms with van der Waals surface area (Å²) >= 11 is 5.75. The molecule has 0 saturated heterocycles. The van der Waals surface area contributed by atoms with E-state index in [1.165, 1.54) is 13.1 Å². The van der Waals surface area contributed by atoms with Crippen molar-refractivity contribution in [2.24, 2.45) is 0 Å². The van der Waals surface area contributed by atoms with Gasteiger partial charge in [0.05, 0.1) is 9.92 Å². The van der Waals surface area contributed by atoms with Gasteiger partial charge in [-0.15, -0.1) is 0 Å². The second-order valence-corrected chi connectivity index (χ2v) is 4.75. The number of benzene rings is 1. The van der Waals surface area contributed by atoms with Crippen molar-refractivity contribution >= 4 is 21.6 Å². The number of halogens is 1. The Morgan fingerprint density at radius 1 is 1.38 bits per heavy atom. The van der Waals surface area contributed by atoms with E-state index in [9.17, 15) is 8.42 Å². The molecule has 1 aromatic rings. The zero-order valence-corrected chi connectivity index (χ0v) is 8.85. The third-order valence-corrected chi connectivity index (χ3v) is 3.42. The molecule has 3 nitrogen and oxygen atoms in total. The number of aryl methyl sites for hydroxylation is 1. The lowest BCUT2D eigenvalue weighted by Gasteiger charge is -2.14. The minimum absolute atomic E-state index is 0.0577. The second kappa shape index (κ2) is 3.65. The Morgan fingerprint density at radius 3 is 2.46 bits per heavy atom. The molecule has 13 heavy (non-hydrogen) atoms. The number of hydrogen-bond acceptors (Lipinski definition) is 2. The molecule has 0 aromatic heterocycles. The topological polar surface area (TPSA) is 48.2 Å². The smallest absolute Gasteiger partial charge is 0.102 e. The maximum atomic E-state index is 11.3. The monoisotopic (exact) mass is 218 g/mol. The molecule has 0 aliphatic rings. The van der Waals surface area contributed by atoms with Gasteiger partial charge in [-0.05, 0) is 24.6 Å². The third-order valence-electron chi connectivity index (χ3n) is 1.61. The molecule has 0 fully saturated rings. The molecular formula is C8H9ClNO2S-. The van der Waals surface area contributed by atoms with Gasteiger partial charge in [-0.2, -0.15) is 7.05 Å². The standard InChI is InChI=1S/C8H9ClNO2S/c1-6-3-4-8(7(9)5-6)13(11,12)10-2/h3-5H,1-2H3/q-1. The maximum absolute atomic E-state index is 11.3. The fourth-order valence-electron chi connectivity index (χ4n) is 0.913. The van der Waals surface area contributed by atoms with Crippen LogP contribution in [0.4, 0.5) is 0 Å². The molecule has 0 heterocycles. The van der Waals surface area contributed by atoms with Crippen LogP contribution in [0.3, 0.4) is 0 Å². The fourth-order valence-corrected chi connectivity index (χ4v) is 2.18. The van der Waals surface area contributed by atoms with Gasteiger partial charge < -0.3 is 4.72 Å². The average Bonchev–Trinajstić information content (AvgIpc) is 2.03. The molecule has 0 aliphatic heterocycles. The van der Waals surface area contributed by atoms with Crippen LogP contribution >= 0.6 is 11.6 Å². The van der Waals surface area contributed by atoms with E-state index in [1.807, 2.05) is 6.92 Å². The Balaban J connectivity index is 3.33. The van der Waals surface area contributed by atoms with Crippen LogP contribution in [-0.4, -0.2) is 15.5 Å². The first-order valence-corrected chi connectivity index (χ1v) is 5.41. The highest BCUT2D eigenvalue weighted by Gasteiger charge is 2.07. The summed E-state index contributed by atoms with van der Waals surface area (Å²) in [7, 11) is -2.32. The van der Waals surface area contributed by atoms with E-state index in [-0.39, 0.29) is 9.92 Å². The molecule has 0 aliphatic carbocycles. The van der Waals surface area contributed by atoms with Gasteiger partial charge in [0.25, 0.3) is 0 Å². The van der Waals surface area contributed by atoms with Gasteiger partial charge in [0.15, 0.2) is 0 Å². The number of hydrogen-bond donors (Lipinski definition) is 0. The second-order valence-electron chi connectivity index (χ2n) is 2.59. The minimum Gasteiger partial charge on any atom is -0.547 e. The van der Waals surface area contributed by atoms with Gasteiger partial charge in [0.1, 0.15) is 10.0 Å². The first-order chi connectivity index (χ1) is 5.97. The Bertz CT molecular complexity index is 414. The van der Waals surface area contributed by atoms with Crippen molar-refractivity contribution in [3.05, 3.63) is 33.5 Å². The van der Waals surface area contributed by atoms with Gasteiger partial charge in [-0.3, -0.25) is 0 Å². The summed E-state index contributed by atoms with van der Waals surface area (Å²) < 4.78 is 25.8. The molecule has 5 heteroatoms. The first-order valence-electron chi connectivity index (χ1n) is 3.59. The Hall–Kier alpha value is -0.580. The fraction of sp³-hybridized carbons (Fsp3) is 0.250. The number of sulfonamides is 1. The summed E-state index contributed by atoms with van der Waals surface area (Å²) in [5, 5.41) is 0.214. The summed E-state index contributed by atoms with van der Waals surface area (Å²) in [4.78, 5) is 0.0577. The molecule has 0 radical (unpaired) electrons. The Kier molecular flexibility index (Phi) is 2.95. The predicted octanol–water partition coefficient (Wildman–Crippen LogP) is 2.34. The average molecular weight is 219 g/mol. The van der Waals surface area contributed by atoms with Crippen LogP contribution in [0.15, 0.2) is 23.1 Å². The summed E-state index contributed by atoms with van der Waals surface area (Å²) in [5.74, 6) is 0. The van der Waals surface area contributed by atoms with E-state index in [0.29, 0.717) is 0 Å². The van der Waals surface area contributed by atoms with Crippen molar-refractivity contribution in [2.45, 2.75) is 11.8 Å². The van der Waals surface area contributed by atoms with Crippen LogP contribution in [0.25, 0.3) is 4.72 Å². The molecule has 0 spiro atoms. The molecule has 0 atom stereocenters. The van der Waals surface area contributed by atoms with E-state index in [1.54, 1.807) is 12.1 Å².